The fourth-order valence-electron chi connectivity index (χ4n) is 4.93. The molecule has 1 saturated heterocycles. The van der Waals surface area contributed by atoms with Crippen LogP contribution < -0.4 is 10.2 Å². The van der Waals surface area contributed by atoms with E-state index in [1.807, 2.05) is 31.2 Å². The van der Waals surface area contributed by atoms with Gasteiger partial charge in [0, 0.05) is 11.3 Å². The SMILES string of the molecule is Cc1ccc(NC(=O)c2ccc(N3C(=O)C4C5C=CC(CC5)C4C3=O)cc2)cc1. The van der Waals surface area contributed by atoms with Gasteiger partial charge >= 0.3 is 0 Å². The van der Waals surface area contributed by atoms with Crippen LogP contribution in [0.1, 0.15) is 28.8 Å². The van der Waals surface area contributed by atoms with Crippen molar-refractivity contribution in [1.29, 1.82) is 0 Å². The van der Waals surface area contributed by atoms with E-state index in [0.717, 1.165) is 24.1 Å². The first-order valence-corrected chi connectivity index (χ1v) is 10.1. The van der Waals surface area contributed by atoms with Crippen LogP contribution >= 0.6 is 0 Å². The molecule has 2 aromatic carbocycles. The van der Waals surface area contributed by atoms with E-state index in [1.165, 1.54) is 4.90 Å². The average Bonchev–Trinajstić information content (AvgIpc) is 3.03. The minimum absolute atomic E-state index is 0.101. The Bertz CT molecular complexity index is 991. The Morgan fingerprint density at radius 1 is 0.862 bits per heavy atom. The third-order valence-corrected chi connectivity index (χ3v) is 6.46. The van der Waals surface area contributed by atoms with E-state index in [1.54, 1.807) is 24.3 Å². The quantitative estimate of drug-likeness (QED) is 0.642. The molecule has 0 spiro atoms. The molecule has 6 rings (SSSR count). The van der Waals surface area contributed by atoms with Crippen molar-refractivity contribution >= 4 is 29.1 Å². The molecular formula is C24H22N2O3. The molecule has 4 unspecified atom stereocenters. The lowest BCUT2D eigenvalue weighted by molar-refractivity contribution is -0.124. The van der Waals surface area contributed by atoms with Crippen LogP contribution in [-0.4, -0.2) is 17.7 Å². The number of amides is 3. The summed E-state index contributed by atoms with van der Waals surface area (Å²) in [7, 11) is 0. The van der Waals surface area contributed by atoms with E-state index in [9.17, 15) is 14.4 Å². The molecule has 2 aromatic rings. The summed E-state index contributed by atoms with van der Waals surface area (Å²) in [5.74, 6) is -0.536. The Morgan fingerprint density at radius 3 is 1.93 bits per heavy atom. The summed E-state index contributed by atoms with van der Waals surface area (Å²) < 4.78 is 0. The molecule has 4 aliphatic rings. The van der Waals surface area contributed by atoms with Gasteiger partial charge < -0.3 is 5.32 Å². The van der Waals surface area contributed by atoms with Gasteiger partial charge in [0.15, 0.2) is 0 Å². The maximum absolute atomic E-state index is 13.0. The predicted molar refractivity (Wildman–Crippen MR) is 110 cm³/mol. The number of anilines is 2. The summed E-state index contributed by atoms with van der Waals surface area (Å²) in [4.78, 5) is 39.9. The van der Waals surface area contributed by atoms with Crippen molar-refractivity contribution in [2.24, 2.45) is 23.7 Å². The number of fused-ring (bicyclic) bond motifs is 1. The third kappa shape index (κ3) is 2.89. The molecule has 5 heteroatoms. The molecule has 29 heavy (non-hydrogen) atoms. The predicted octanol–water partition coefficient (Wildman–Crippen LogP) is 3.95. The van der Waals surface area contributed by atoms with Gasteiger partial charge in [0.2, 0.25) is 11.8 Å². The number of nitrogens with zero attached hydrogens (tertiary/aromatic N) is 1. The Hall–Kier alpha value is -3.21. The zero-order valence-corrected chi connectivity index (χ0v) is 16.2. The van der Waals surface area contributed by atoms with E-state index < -0.39 is 0 Å². The molecule has 1 heterocycles. The molecule has 1 aliphatic heterocycles. The highest BCUT2D eigenvalue weighted by molar-refractivity contribution is 6.22. The van der Waals surface area contributed by atoms with Gasteiger partial charge in [-0.3, -0.25) is 19.3 Å². The van der Waals surface area contributed by atoms with Gasteiger partial charge in [-0.25, -0.2) is 0 Å². The van der Waals surface area contributed by atoms with Crippen LogP contribution in [-0.2, 0) is 9.59 Å². The second-order valence-electron chi connectivity index (χ2n) is 8.22. The first kappa shape index (κ1) is 17.9. The van der Waals surface area contributed by atoms with Crippen LogP contribution in [0.15, 0.2) is 60.7 Å². The second-order valence-corrected chi connectivity index (χ2v) is 8.22. The van der Waals surface area contributed by atoms with Crippen LogP contribution in [0, 0.1) is 30.6 Å². The van der Waals surface area contributed by atoms with Crippen molar-refractivity contribution in [3.8, 4) is 0 Å². The summed E-state index contributed by atoms with van der Waals surface area (Å²) in [6, 6.07) is 14.3. The molecule has 1 saturated carbocycles. The highest BCUT2D eigenvalue weighted by Crippen LogP contribution is 2.50. The molecular weight excluding hydrogens is 364 g/mol. The average molecular weight is 386 g/mol. The van der Waals surface area contributed by atoms with Crippen molar-refractivity contribution in [2.45, 2.75) is 19.8 Å². The van der Waals surface area contributed by atoms with E-state index in [2.05, 4.69) is 17.5 Å². The Kier molecular flexibility index (Phi) is 4.12. The fraction of sp³-hybridized carbons (Fsp3) is 0.292. The van der Waals surface area contributed by atoms with Gasteiger partial charge in [-0.1, -0.05) is 29.8 Å². The highest BCUT2D eigenvalue weighted by Gasteiger charge is 2.56. The van der Waals surface area contributed by atoms with Gasteiger partial charge in [0.05, 0.1) is 17.5 Å². The number of nitrogens with one attached hydrogen (secondary N) is 1. The first-order valence-electron chi connectivity index (χ1n) is 10.1. The first-order chi connectivity index (χ1) is 14.0. The molecule has 4 atom stereocenters. The van der Waals surface area contributed by atoms with E-state index in [4.69, 9.17) is 0 Å². The second kappa shape index (κ2) is 6.69. The molecule has 3 amide bonds. The zero-order valence-electron chi connectivity index (χ0n) is 16.2. The topological polar surface area (TPSA) is 66.5 Å². The van der Waals surface area contributed by atoms with E-state index >= 15 is 0 Å². The fourth-order valence-corrected chi connectivity index (χ4v) is 4.93. The minimum Gasteiger partial charge on any atom is -0.322 e. The smallest absolute Gasteiger partial charge is 0.255 e. The van der Waals surface area contributed by atoms with Gasteiger partial charge in [-0.2, -0.15) is 0 Å². The van der Waals surface area contributed by atoms with Crippen LogP contribution in [0.3, 0.4) is 0 Å². The molecule has 0 radical (unpaired) electrons. The number of rotatable bonds is 3. The highest BCUT2D eigenvalue weighted by atomic mass is 16.2. The summed E-state index contributed by atoms with van der Waals surface area (Å²) in [5, 5.41) is 2.86. The largest absolute Gasteiger partial charge is 0.322 e. The minimum atomic E-state index is -0.226. The number of benzene rings is 2. The van der Waals surface area contributed by atoms with Crippen molar-refractivity contribution in [1.82, 2.24) is 0 Å². The van der Waals surface area contributed by atoms with E-state index in [-0.39, 0.29) is 41.4 Å². The maximum Gasteiger partial charge on any atom is 0.255 e. The number of allylic oxidation sites excluding steroid dienone is 2. The van der Waals surface area contributed by atoms with Crippen molar-refractivity contribution in [3.63, 3.8) is 0 Å². The Labute approximate surface area is 169 Å². The van der Waals surface area contributed by atoms with Gasteiger partial charge in [-0.05, 0) is 68.0 Å². The summed E-state index contributed by atoms with van der Waals surface area (Å²) in [6.07, 6.45) is 6.19. The lowest BCUT2D eigenvalue weighted by Crippen LogP contribution is -2.38. The normalized spacial score (nSPS) is 27.3. The van der Waals surface area contributed by atoms with Crippen molar-refractivity contribution in [2.75, 3.05) is 10.2 Å². The number of aryl methyl sites for hydroxylation is 1. The monoisotopic (exact) mass is 386 g/mol. The van der Waals surface area contributed by atoms with Gasteiger partial charge in [0.1, 0.15) is 0 Å². The van der Waals surface area contributed by atoms with Gasteiger partial charge in [-0.15, -0.1) is 0 Å². The molecule has 2 bridgehead atoms. The van der Waals surface area contributed by atoms with Crippen LogP contribution in [0.25, 0.3) is 0 Å². The van der Waals surface area contributed by atoms with Crippen molar-refractivity contribution in [3.05, 3.63) is 71.8 Å². The Morgan fingerprint density at radius 2 is 1.41 bits per heavy atom. The summed E-state index contributed by atoms with van der Waals surface area (Å²) in [5.41, 5.74) is 2.87. The maximum atomic E-state index is 13.0. The summed E-state index contributed by atoms with van der Waals surface area (Å²) >= 11 is 0. The lowest BCUT2D eigenvalue weighted by Gasteiger charge is -2.38. The molecule has 3 aliphatic carbocycles. The number of hydrogen-bond donors (Lipinski definition) is 1. The lowest BCUT2D eigenvalue weighted by atomic mass is 9.63. The molecule has 1 N–H and O–H groups in total. The van der Waals surface area contributed by atoms with Gasteiger partial charge in [0.25, 0.3) is 5.91 Å². The standard InChI is InChI=1S/C24H22N2O3/c1-14-2-10-18(11-3-14)25-22(27)17-8-12-19(13-9-17)26-23(28)20-15-4-5-16(7-6-15)21(20)24(26)29/h2-5,8-13,15-16,20-21H,6-7H2,1H3,(H,25,27). The number of imide groups is 1. The summed E-state index contributed by atoms with van der Waals surface area (Å²) in [6.45, 7) is 1.99. The Balaban J connectivity index is 1.35. The molecule has 5 nitrogen and oxygen atoms in total. The number of hydrogen-bond acceptors (Lipinski definition) is 3. The van der Waals surface area contributed by atoms with Crippen LogP contribution in [0.4, 0.5) is 11.4 Å². The van der Waals surface area contributed by atoms with Crippen LogP contribution in [0.2, 0.25) is 0 Å². The number of carbonyl (C=O) groups is 3. The molecule has 2 fully saturated rings. The van der Waals surface area contributed by atoms with Crippen molar-refractivity contribution < 1.29 is 14.4 Å². The zero-order chi connectivity index (χ0) is 20.1. The third-order valence-electron chi connectivity index (χ3n) is 6.46. The molecule has 0 aromatic heterocycles. The van der Waals surface area contributed by atoms with Crippen LogP contribution in [0.5, 0.6) is 0 Å². The van der Waals surface area contributed by atoms with E-state index in [0.29, 0.717) is 11.3 Å². The number of carbonyl (C=O) groups excluding carboxylic acids is 3. The molecule has 146 valence electrons.